The van der Waals surface area contributed by atoms with E-state index in [0.29, 0.717) is 13.0 Å². The number of hydrogen-bond acceptors (Lipinski definition) is 3. The van der Waals surface area contributed by atoms with Crippen LogP contribution in [0.25, 0.3) is 0 Å². The van der Waals surface area contributed by atoms with E-state index in [2.05, 4.69) is 10.6 Å². The third-order valence-electron chi connectivity index (χ3n) is 2.35. The molecule has 6 heteroatoms. The summed E-state index contributed by atoms with van der Waals surface area (Å²) in [4.78, 5) is 22.3. The Bertz CT molecular complexity index is 240. The number of carboxylic acids is 1. The molecule has 0 saturated carbocycles. The standard InChI is InChI=1S/C11H22N2O4/c1-4-6-8(7-17-3)12-11(16)13-9(5-2)10(14)15/h8-9H,4-7H2,1-3H3,(H,14,15)(H2,12,13,16). The monoisotopic (exact) mass is 246 g/mol. The smallest absolute Gasteiger partial charge is 0.326 e. The quantitative estimate of drug-likeness (QED) is 0.595. The highest BCUT2D eigenvalue weighted by atomic mass is 16.5. The van der Waals surface area contributed by atoms with Crippen molar-refractivity contribution in [1.29, 1.82) is 0 Å². The Labute approximate surface area is 102 Å². The predicted octanol–water partition coefficient (Wildman–Crippen LogP) is 0.964. The van der Waals surface area contributed by atoms with E-state index in [4.69, 9.17) is 9.84 Å². The number of ether oxygens (including phenoxy) is 1. The summed E-state index contributed by atoms with van der Waals surface area (Å²) >= 11 is 0. The molecule has 2 unspecified atom stereocenters. The number of amides is 2. The van der Waals surface area contributed by atoms with Crippen LogP contribution in [0.1, 0.15) is 33.1 Å². The van der Waals surface area contributed by atoms with E-state index >= 15 is 0 Å². The maximum Gasteiger partial charge on any atom is 0.326 e. The van der Waals surface area contributed by atoms with Crippen LogP contribution in [0.4, 0.5) is 4.79 Å². The van der Waals surface area contributed by atoms with Gasteiger partial charge in [0.25, 0.3) is 0 Å². The van der Waals surface area contributed by atoms with Gasteiger partial charge in [-0.25, -0.2) is 9.59 Å². The molecule has 2 amide bonds. The third kappa shape index (κ3) is 6.78. The van der Waals surface area contributed by atoms with Crippen molar-refractivity contribution in [3.63, 3.8) is 0 Å². The van der Waals surface area contributed by atoms with E-state index in [9.17, 15) is 9.59 Å². The summed E-state index contributed by atoms with van der Waals surface area (Å²) in [6.45, 7) is 4.14. The Morgan fingerprint density at radius 2 is 1.94 bits per heavy atom. The molecule has 0 aliphatic carbocycles. The van der Waals surface area contributed by atoms with Gasteiger partial charge in [0.15, 0.2) is 0 Å². The van der Waals surface area contributed by atoms with Crippen molar-refractivity contribution in [2.45, 2.75) is 45.2 Å². The zero-order valence-corrected chi connectivity index (χ0v) is 10.7. The summed E-state index contributed by atoms with van der Waals surface area (Å²) in [6.07, 6.45) is 2.07. The lowest BCUT2D eigenvalue weighted by Crippen LogP contribution is -2.49. The summed E-state index contributed by atoms with van der Waals surface area (Å²) in [5.74, 6) is -1.03. The zero-order chi connectivity index (χ0) is 13.3. The number of carbonyl (C=O) groups excluding carboxylic acids is 1. The van der Waals surface area contributed by atoms with E-state index in [1.807, 2.05) is 6.92 Å². The highest BCUT2D eigenvalue weighted by molar-refractivity contribution is 5.82. The van der Waals surface area contributed by atoms with Gasteiger partial charge in [-0.1, -0.05) is 20.3 Å². The van der Waals surface area contributed by atoms with Gasteiger partial charge in [0.1, 0.15) is 6.04 Å². The van der Waals surface area contributed by atoms with Crippen molar-refractivity contribution >= 4 is 12.0 Å². The van der Waals surface area contributed by atoms with Crippen LogP contribution in [-0.2, 0) is 9.53 Å². The number of aliphatic carboxylic acids is 1. The van der Waals surface area contributed by atoms with Gasteiger partial charge < -0.3 is 20.5 Å². The van der Waals surface area contributed by atoms with E-state index in [0.717, 1.165) is 12.8 Å². The Balaban J connectivity index is 4.16. The summed E-state index contributed by atoms with van der Waals surface area (Å²) in [7, 11) is 1.56. The highest BCUT2D eigenvalue weighted by Gasteiger charge is 2.19. The molecule has 17 heavy (non-hydrogen) atoms. The number of rotatable bonds is 8. The molecule has 0 aromatic heterocycles. The van der Waals surface area contributed by atoms with E-state index in [1.165, 1.54) is 0 Å². The van der Waals surface area contributed by atoms with Gasteiger partial charge in [0.2, 0.25) is 0 Å². The Kier molecular flexibility index (Phi) is 8.13. The Hall–Kier alpha value is -1.30. The van der Waals surface area contributed by atoms with Gasteiger partial charge in [-0.2, -0.15) is 0 Å². The average molecular weight is 246 g/mol. The maximum atomic E-state index is 11.5. The van der Waals surface area contributed by atoms with Gasteiger partial charge in [0.05, 0.1) is 12.6 Å². The van der Waals surface area contributed by atoms with Crippen molar-refractivity contribution < 1.29 is 19.4 Å². The molecule has 0 heterocycles. The van der Waals surface area contributed by atoms with E-state index in [-0.39, 0.29) is 6.04 Å². The van der Waals surface area contributed by atoms with E-state index < -0.39 is 18.0 Å². The van der Waals surface area contributed by atoms with Crippen LogP contribution < -0.4 is 10.6 Å². The first-order valence-electron chi connectivity index (χ1n) is 5.83. The molecule has 0 bridgehead atoms. The van der Waals surface area contributed by atoms with Crippen LogP contribution in [-0.4, -0.2) is 42.9 Å². The fraction of sp³-hybridized carbons (Fsp3) is 0.818. The summed E-state index contributed by atoms with van der Waals surface area (Å²) in [5, 5.41) is 13.9. The van der Waals surface area contributed by atoms with Crippen LogP contribution in [0.2, 0.25) is 0 Å². The van der Waals surface area contributed by atoms with Gasteiger partial charge in [0, 0.05) is 7.11 Å². The lowest BCUT2D eigenvalue weighted by Gasteiger charge is -2.19. The molecule has 3 N–H and O–H groups in total. The highest BCUT2D eigenvalue weighted by Crippen LogP contribution is 1.98. The number of urea groups is 1. The number of hydrogen-bond donors (Lipinski definition) is 3. The maximum absolute atomic E-state index is 11.5. The SMILES string of the molecule is CCCC(COC)NC(=O)NC(CC)C(=O)O. The molecule has 0 aliphatic heterocycles. The summed E-state index contributed by atoms with van der Waals surface area (Å²) in [5.41, 5.74) is 0. The molecule has 0 rings (SSSR count). The molecule has 2 atom stereocenters. The first-order valence-corrected chi connectivity index (χ1v) is 5.83. The molecule has 6 nitrogen and oxygen atoms in total. The topological polar surface area (TPSA) is 87.7 Å². The number of nitrogens with one attached hydrogen (secondary N) is 2. The van der Waals surface area contributed by atoms with Crippen LogP contribution in [0.5, 0.6) is 0 Å². The minimum atomic E-state index is -1.03. The lowest BCUT2D eigenvalue weighted by molar-refractivity contribution is -0.139. The second-order valence-electron chi connectivity index (χ2n) is 3.86. The molecule has 0 radical (unpaired) electrons. The van der Waals surface area contributed by atoms with Crippen molar-refractivity contribution in [1.82, 2.24) is 10.6 Å². The predicted molar refractivity (Wildman–Crippen MR) is 64.0 cm³/mol. The van der Waals surface area contributed by atoms with Crippen LogP contribution in [0.15, 0.2) is 0 Å². The van der Waals surface area contributed by atoms with Crippen molar-refractivity contribution in [2.24, 2.45) is 0 Å². The number of methoxy groups -OCH3 is 1. The minimum absolute atomic E-state index is 0.0868. The van der Waals surface area contributed by atoms with Gasteiger partial charge in [-0.3, -0.25) is 0 Å². The Morgan fingerprint density at radius 3 is 2.35 bits per heavy atom. The first kappa shape index (κ1) is 15.7. The second kappa shape index (κ2) is 8.81. The second-order valence-corrected chi connectivity index (χ2v) is 3.86. The fourth-order valence-electron chi connectivity index (χ4n) is 1.47. The van der Waals surface area contributed by atoms with Gasteiger partial charge in [-0.05, 0) is 12.8 Å². The molecule has 100 valence electrons. The van der Waals surface area contributed by atoms with Crippen molar-refractivity contribution in [3.8, 4) is 0 Å². The molecular formula is C11H22N2O4. The molecule has 0 saturated heterocycles. The zero-order valence-electron chi connectivity index (χ0n) is 10.7. The average Bonchev–Trinajstić information content (AvgIpc) is 2.26. The first-order chi connectivity index (χ1) is 8.04. The van der Waals surface area contributed by atoms with Crippen molar-refractivity contribution in [3.05, 3.63) is 0 Å². The molecule has 0 aromatic carbocycles. The van der Waals surface area contributed by atoms with Crippen LogP contribution >= 0.6 is 0 Å². The number of carbonyl (C=O) groups is 2. The van der Waals surface area contributed by atoms with Gasteiger partial charge in [-0.15, -0.1) is 0 Å². The lowest BCUT2D eigenvalue weighted by atomic mass is 10.2. The molecule has 0 aliphatic rings. The fourth-order valence-corrected chi connectivity index (χ4v) is 1.47. The number of carboxylic acid groups (broad SMARTS) is 1. The van der Waals surface area contributed by atoms with Crippen LogP contribution in [0, 0.1) is 0 Å². The molecule has 0 spiro atoms. The van der Waals surface area contributed by atoms with Gasteiger partial charge >= 0.3 is 12.0 Å². The largest absolute Gasteiger partial charge is 0.480 e. The third-order valence-corrected chi connectivity index (χ3v) is 2.35. The normalized spacial score (nSPS) is 13.8. The summed E-state index contributed by atoms with van der Waals surface area (Å²) in [6, 6.07) is -1.40. The Morgan fingerprint density at radius 1 is 1.29 bits per heavy atom. The molecule has 0 fully saturated rings. The minimum Gasteiger partial charge on any atom is -0.480 e. The van der Waals surface area contributed by atoms with Crippen LogP contribution in [0.3, 0.4) is 0 Å². The van der Waals surface area contributed by atoms with Crippen molar-refractivity contribution in [2.75, 3.05) is 13.7 Å². The molecule has 0 aromatic rings. The van der Waals surface area contributed by atoms with E-state index in [1.54, 1.807) is 14.0 Å². The molecular weight excluding hydrogens is 224 g/mol. The summed E-state index contributed by atoms with van der Waals surface area (Å²) < 4.78 is 4.98.